The van der Waals surface area contributed by atoms with E-state index in [9.17, 15) is 26.7 Å². The van der Waals surface area contributed by atoms with Crippen LogP contribution in [0.25, 0.3) is 0 Å². The van der Waals surface area contributed by atoms with Crippen LogP contribution in [0, 0.1) is 12.8 Å². The summed E-state index contributed by atoms with van der Waals surface area (Å²) >= 11 is 0.693. The quantitative estimate of drug-likeness (QED) is 0.734. The lowest BCUT2D eigenvalue weighted by molar-refractivity contribution is -0.340. The number of halogens is 4. The first-order chi connectivity index (χ1) is 12.8. The molecular formula is C18H18F4O4S2. The standard InChI is InChI=1S/C18H18F4O4S2/c1-11-5-7-13(8-6-11)28(24,25)10-14-12(2)26-17(23,15-4-3-9-27-15)16(14,19)18(20,21)22/h3-9,12,14,23H,10H2,1-2H3/t12-,14-,16+,17+/m0/s1. The zero-order valence-corrected chi connectivity index (χ0v) is 16.5. The Hall–Kier alpha value is -1.49. The van der Waals surface area contributed by atoms with Crippen molar-refractivity contribution in [3.63, 3.8) is 0 Å². The second kappa shape index (κ2) is 6.79. The SMILES string of the molecule is Cc1ccc(S(=O)(=O)C[C@H]2[C@H](C)O[C@](O)(c3cccs3)[C@@]2(F)C(F)(F)F)cc1. The highest BCUT2D eigenvalue weighted by Gasteiger charge is 2.79. The van der Waals surface area contributed by atoms with Gasteiger partial charge in [-0.25, -0.2) is 12.8 Å². The molecule has 154 valence electrons. The van der Waals surface area contributed by atoms with E-state index in [1.807, 2.05) is 0 Å². The molecule has 0 radical (unpaired) electrons. The van der Waals surface area contributed by atoms with Gasteiger partial charge in [0.05, 0.1) is 21.6 Å². The number of aryl methyl sites for hydroxylation is 1. The van der Waals surface area contributed by atoms with Crippen LogP contribution in [-0.2, 0) is 20.4 Å². The van der Waals surface area contributed by atoms with Crippen LogP contribution < -0.4 is 0 Å². The minimum atomic E-state index is -5.57. The Morgan fingerprint density at radius 1 is 1.21 bits per heavy atom. The third-order valence-electron chi connectivity index (χ3n) is 4.97. The van der Waals surface area contributed by atoms with Gasteiger partial charge >= 0.3 is 6.18 Å². The fourth-order valence-corrected chi connectivity index (χ4v) is 5.99. The lowest BCUT2D eigenvalue weighted by atomic mass is 9.82. The Balaban J connectivity index is 2.08. The van der Waals surface area contributed by atoms with Crippen LogP contribution in [0.15, 0.2) is 46.7 Å². The van der Waals surface area contributed by atoms with E-state index in [2.05, 4.69) is 0 Å². The molecule has 3 rings (SSSR count). The van der Waals surface area contributed by atoms with Gasteiger partial charge < -0.3 is 9.84 Å². The van der Waals surface area contributed by atoms with Gasteiger partial charge in [-0.05, 0) is 37.4 Å². The minimum absolute atomic E-state index is 0.221. The summed E-state index contributed by atoms with van der Waals surface area (Å²) in [5, 5.41) is 12.0. The lowest BCUT2D eigenvalue weighted by Gasteiger charge is -2.37. The molecule has 0 saturated carbocycles. The molecule has 4 nitrogen and oxygen atoms in total. The highest BCUT2D eigenvalue weighted by atomic mass is 32.2. The summed E-state index contributed by atoms with van der Waals surface area (Å²) < 4.78 is 87.8. The van der Waals surface area contributed by atoms with Crippen molar-refractivity contribution >= 4 is 21.2 Å². The summed E-state index contributed by atoms with van der Waals surface area (Å²) in [5.41, 5.74) is -3.54. The fraction of sp³-hybridized carbons (Fsp3) is 0.444. The number of aliphatic hydroxyl groups is 1. The van der Waals surface area contributed by atoms with Gasteiger partial charge in [0.15, 0.2) is 9.84 Å². The number of hydrogen-bond donors (Lipinski definition) is 1. The van der Waals surface area contributed by atoms with Crippen molar-refractivity contribution in [2.75, 3.05) is 5.75 Å². The second-order valence-electron chi connectivity index (χ2n) is 6.85. The summed E-state index contributed by atoms with van der Waals surface area (Å²) in [5.74, 6) is -6.65. The molecule has 1 aliphatic heterocycles. The summed E-state index contributed by atoms with van der Waals surface area (Å²) in [7, 11) is -4.27. The van der Waals surface area contributed by atoms with Crippen LogP contribution in [0.1, 0.15) is 17.4 Å². The Morgan fingerprint density at radius 3 is 2.32 bits per heavy atom. The maximum atomic E-state index is 15.7. The number of benzene rings is 1. The Labute approximate surface area is 163 Å². The topological polar surface area (TPSA) is 63.6 Å². The summed E-state index contributed by atoms with van der Waals surface area (Å²) in [6.07, 6.45) is -7.07. The van der Waals surface area contributed by atoms with Gasteiger partial charge in [0.2, 0.25) is 5.79 Å². The highest BCUT2D eigenvalue weighted by Crippen LogP contribution is 2.59. The number of ether oxygens (including phenoxy) is 1. The minimum Gasteiger partial charge on any atom is -0.358 e. The van der Waals surface area contributed by atoms with Crippen LogP contribution in [-0.4, -0.2) is 37.2 Å². The first kappa shape index (κ1) is 21.2. The van der Waals surface area contributed by atoms with E-state index in [0.717, 1.165) is 18.6 Å². The van der Waals surface area contributed by atoms with Gasteiger partial charge in [-0.15, -0.1) is 11.3 Å². The van der Waals surface area contributed by atoms with Crippen LogP contribution in [0.2, 0.25) is 0 Å². The molecular weight excluding hydrogens is 420 g/mol. The molecule has 0 aliphatic carbocycles. The first-order valence-corrected chi connectivity index (χ1v) is 10.9. The molecule has 10 heteroatoms. The lowest BCUT2D eigenvalue weighted by Crippen LogP contribution is -2.59. The number of alkyl halides is 4. The molecule has 1 N–H and O–H groups in total. The van der Waals surface area contributed by atoms with E-state index in [4.69, 9.17) is 4.74 Å². The summed E-state index contributed by atoms with van der Waals surface area (Å²) in [6, 6.07) is 7.97. The molecule has 0 amide bonds. The molecule has 0 bridgehead atoms. The zero-order chi connectivity index (χ0) is 21.0. The van der Waals surface area contributed by atoms with Crippen molar-refractivity contribution < 1.29 is 35.8 Å². The predicted octanol–water partition coefficient (Wildman–Crippen LogP) is 3.98. The van der Waals surface area contributed by atoms with E-state index in [1.54, 1.807) is 6.92 Å². The third kappa shape index (κ3) is 3.16. The van der Waals surface area contributed by atoms with E-state index in [0.29, 0.717) is 11.3 Å². The highest BCUT2D eigenvalue weighted by molar-refractivity contribution is 7.91. The zero-order valence-electron chi connectivity index (χ0n) is 14.9. The number of sulfone groups is 1. The largest absolute Gasteiger partial charge is 0.428 e. The molecule has 28 heavy (non-hydrogen) atoms. The van der Waals surface area contributed by atoms with Gasteiger partial charge in [0, 0.05) is 5.92 Å². The molecule has 4 atom stereocenters. The maximum absolute atomic E-state index is 15.7. The summed E-state index contributed by atoms with van der Waals surface area (Å²) in [4.78, 5) is -0.601. The molecule has 0 unspecified atom stereocenters. The van der Waals surface area contributed by atoms with Gasteiger partial charge in [0.25, 0.3) is 5.67 Å². The smallest absolute Gasteiger partial charge is 0.358 e. The van der Waals surface area contributed by atoms with Gasteiger partial charge in [-0.1, -0.05) is 23.8 Å². The van der Waals surface area contributed by atoms with Crippen LogP contribution in [0.4, 0.5) is 17.6 Å². The average molecular weight is 438 g/mol. The second-order valence-corrected chi connectivity index (χ2v) is 9.84. The van der Waals surface area contributed by atoms with Gasteiger partial charge in [-0.2, -0.15) is 13.2 Å². The van der Waals surface area contributed by atoms with Gasteiger partial charge in [-0.3, -0.25) is 0 Å². The number of thiophene rings is 1. The fourth-order valence-electron chi connectivity index (χ4n) is 3.45. The van der Waals surface area contributed by atoms with Crippen molar-refractivity contribution in [1.29, 1.82) is 0 Å². The van der Waals surface area contributed by atoms with E-state index in [-0.39, 0.29) is 9.77 Å². The molecule has 1 aromatic carbocycles. The average Bonchev–Trinajstić information content (AvgIpc) is 3.18. The molecule has 1 fully saturated rings. The predicted molar refractivity (Wildman–Crippen MR) is 95.4 cm³/mol. The van der Waals surface area contributed by atoms with Crippen LogP contribution >= 0.6 is 11.3 Å². The Kier molecular flexibility index (Phi) is 5.15. The maximum Gasteiger partial charge on any atom is 0.428 e. The molecule has 2 heterocycles. The summed E-state index contributed by atoms with van der Waals surface area (Å²) in [6.45, 7) is 2.85. The molecule has 2 aromatic rings. The molecule has 1 aliphatic rings. The molecule has 0 spiro atoms. The third-order valence-corrected chi connectivity index (χ3v) is 7.72. The number of hydrogen-bond acceptors (Lipinski definition) is 5. The van der Waals surface area contributed by atoms with E-state index < -0.39 is 45.2 Å². The van der Waals surface area contributed by atoms with Gasteiger partial charge in [0.1, 0.15) is 0 Å². The van der Waals surface area contributed by atoms with Crippen molar-refractivity contribution in [3.8, 4) is 0 Å². The van der Waals surface area contributed by atoms with Crippen molar-refractivity contribution in [2.45, 2.75) is 42.5 Å². The van der Waals surface area contributed by atoms with Crippen molar-refractivity contribution in [2.24, 2.45) is 5.92 Å². The van der Waals surface area contributed by atoms with E-state index in [1.165, 1.54) is 35.7 Å². The van der Waals surface area contributed by atoms with Crippen molar-refractivity contribution in [3.05, 3.63) is 52.2 Å². The first-order valence-electron chi connectivity index (χ1n) is 8.32. The molecule has 1 saturated heterocycles. The number of rotatable bonds is 4. The Morgan fingerprint density at radius 2 is 1.82 bits per heavy atom. The monoisotopic (exact) mass is 438 g/mol. The van der Waals surface area contributed by atoms with Crippen LogP contribution in [0.5, 0.6) is 0 Å². The van der Waals surface area contributed by atoms with E-state index >= 15 is 4.39 Å². The van der Waals surface area contributed by atoms with Crippen LogP contribution in [0.3, 0.4) is 0 Å². The van der Waals surface area contributed by atoms with Crippen molar-refractivity contribution in [1.82, 2.24) is 0 Å². The normalized spacial score (nSPS) is 31.2. The molecule has 1 aromatic heterocycles. The Bertz CT molecular complexity index is 941.